The van der Waals surface area contributed by atoms with Crippen molar-refractivity contribution in [3.63, 3.8) is 0 Å². The molecular formula is C23H30ClN3O2. The van der Waals surface area contributed by atoms with Crippen LogP contribution >= 0.6 is 11.6 Å². The predicted molar refractivity (Wildman–Crippen MR) is 120 cm³/mol. The summed E-state index contributed by atoms with van der Waals surface area (Å²) in [5.41, 5.74) is 3.20. The standard InChI is InChI=1S/C23H30ClN3O2/c1-5-26(6-2)12-7-13-27-20-16-18(24)9-10-19(20)25-23(27)15-17-8-11-21(28-3)22(14-17)29-4/h8-11,14,16H,5-7,12-13,15H2,1-4H3. The summed E-state index contributed by atoms with van der Waals surface area (Å²) in [6.07, 6.45) is 1.79. The first-order chi connectivity index (χ1) is 14.1. The van der Waals surface area contributed by atoms with Gasteiger partial charge in [0.1, 0.15) is 5.82 Å². The molecule has 29 heavy (non-hydrogen) atoms. The number of nitrogens with zero attached hydrogens (tertiary/aromatic N) is 3. The Balaban J connectivity index is 1.90. The number of imidazole rings is 1. The monoisotopic (exact) mass is 415 g/mol. The smallest absolute Gasteiger partial charge is 0.161 e. The molecule has 0 saturated carbocycles. The molecule has 1 aromatic heterocycles. The third-order valence-corrected chi connectivity index (χ3v) is 5.59. The van der Waals surface area contributed by atoms with Crippen LogP contribution in [0.2, 0.25) is 5.02 Å². The van der Waals surface area contributed by atoms with Crippen LogP contribution in [0.25, 0.3) is 11.0 Å². The molecule has 0 spiro atoms. The van der Waals surface area contributed by atoms with Crippen molar-refractivity contribution in [3.8, 4) is 11.5 Å². The number of fused-ring (bicyclic) bond motifs is 1. The van der Waals surface area contributed by atoms with Gasteiger partial charge in [0.25, 0.3) is 0 Å². The van der Waals surface area contributed by atoms with Crippen LogP contribution in [0.15, 0.2) is 36.4 Å². The number of hydrogen-bond acceptors (Lipinski definition) is 4. The van der Waals surface area contributed by atoms with E-state index in [0.29, 0.717) is 0 Å². The summed E-state index contributed by atoms with van der Waals surface area (Å²) in [5, 5.41) is 0.736. The van der Waals surface area contributed by atoms with Gasteiger partial charge in [-0.2, -0.15) is 0 Å². The van der Waals surface area contributed by atoms with Crippen molar-refractivity contribution in [3.05, 3.63) is 52.8 Å². The number of methoxy groups -OCH3 is 2. The van der Waals surface area contributed by atoms with Crippen LogP contribution < -0.4 is 9.47 Å². The zero-order valence-corrected chi connectivity index (χ0v) is 18.5. The summed E-state index contributed by atoms with van der Waals surface area (Å²) in [7, 11) is 3.31. The normalized spacial score (nSPS) is 11.4. The van der Waals surface area contributed by atoms with Gasteiger partial charge in [0.05, 0.1) is 25.3 Å². The topological polar surface area (TPSA) is 39.5 Å². The summed E-state index contributed by atoms with van der Waals surface area (Å²) in [6.45, 7) is 8.55. The minimum atomic E-state index is 0.720. The highest BCUT2D eigenvalue weighted by Gasteiger charge is 2.14. The molecule has 0 aliphatic carbocycles. The van der Waals surface area contributed by atoms with Crippen LogP contribution in [0, 0.1) is 0 Å². The van der Waals surface area contributed by atoms with E-state index in [1.54, 1.807) is 14.2 Å². The third-order valence-electron chi connectivity index (χ3n) is 5.35. The van der Waals surface area contributed by atoms with Crippen LogP contribution in [0.1, 0.15) is 31.7 Å². The van der Waals surface area contributed by atoms with E-state index in [1.165, 1.54) is 0 Å². The molecule has 0 atom stereocenters. The second-order valence-corrected chi connectivity index (χ2v) is 7.50. The van der Waals surface area contributed by atoms with Gasteiger partial charge in [-0.15, -0.1) is 0 Å². The Labute approximate surface area is 178 Å². The summed E-state index contributed by atoms with van der Waals surface area (Å²) in [5.74, 6) is 2.50. The van der Waals surface area contributed by atoms with Gasteiger partial charge < -0.3 is 18.9 Å². The quantitative estimate of drug-likeness (QED) is 0.465. The summed E-state index contributed by atoms with van der Waals surface area (Å²) >= 11 is 6.28. The Bertz CT molecular complexity index is 951. The van der Waals surface area contributed by atoms with Crippen LogP contribution in [-0.2, 0) is 13.0 Å². The van der Waals surface area contributed by atoms with E-state index in [1.807, 2.05) is 30.3 Å². The van der Waals surface area contributed by atoms with Gasteiger partial charge in [-0.25, -0.2) is 4.98 Å². The lowest BCUT2D eigenvalue weighted by Crippen LogP contribution is -2.25. The lowest BCUT2D eigenvalue weighted by Gasteiger charge is -2.18. The molecule has 0 aliphatic rings. The predicted octanol–water partition coefficient (Wildman–Crippen LogP) is 5.03. The molecule has 0 aliphatic heterocycles. The highest BCUT2D eigenvalue weighted by molar-refractivity contribution is 6.31. The first-order valence-corrected chi connectivity index (χ1v) is 10.5. The molecule has 0 bridgehead atoms. The van der Waals surface area contributed by atoms with Gasteiger partial charge in [0, 0.05) is 18.0 Å². The fourth-order valence-electron chi connectivity index (χ4n) is 3.70. The number of benzene rings is 2. The van der Waals surface area contributed by atoms with E-state index in [9.17, 15) is 0 Å². The van der Waals surface area contributed by atoms with Crippen LogP contribution in [0.3, 0.4) is 0 Å². The first kappa shape index (κ1) is 21.5. The Morgan fingerprint density at radius 3 is 2.45 bits per heavy atom. The van der Waals surface area contributed by atoms with Crippen LogP contribution in [0.4, 0.5) is 0 Å². The highest BCUT2D eigenvalue weighted by atomic mass is 35.5. The molecule has 6 heteroatoms. The van der Waals surface area contributed by atoms with Crippen LogP contribution in [-0.4, -0.2) is 48.3 Å². The van der Waals surface area contributed by atoms with Gasteiger partial charge in [-0.3, -0.25) is 0 Å². The lowest BCUT2D eigenvalue weighted by atomic mass is 10.1. The summed E-state index contributed by atoms with van der Waals surface area (Å²) < 4.78 is 13.1. The Morgan fingerprint density at radius 1 is 1.00 bits per heavy atom. The van der Waals surface area contributed by atoms with Crippen molar-refractivity contribution < 1.29 is 9.47 Å². The molecule has 0 N–H and O–H groups in total. The van der Waals surface area contributed by atoms with E-state index < -0.39 is 0 Å². The van der Waals surface area contributed by atoms with Crippen molar-refractivity contribution in [2.24, 2.45) is 0 Å². The average Bonchev–Trinajstić information content (AvgIpc) is 3.07. The Morgan fingerprint density at radius 2 is 1.76 bits per heavy atom. The fourth-order valence-corrected chi connectivity index (χ4v) is 3.86. The maximum atomic E-state index is 6.28. The molecule has 0 saturated heterocycles. The highest BCUT2D eigenvalue weighted by Crippen LogP contribution is 2.29. The second kappa shape index (κ2) is 9.99. The van der Waals surface area contributed by atoms with Gasteiger partial charge in [-0.05, 0) is 62.0 Å². The van der Waals surface area contributed by atoms with Crippen LogP contribution in [0.5, 0.6) is 11.5 Å². The average molecular weight is 416 g/mol. The molecule has 156 valence electrons. The lowest BCUT2D eigenvalue weighted by molar-refractivity contribution is 0.293. The maximum Gasteiger partial charge on any atom is 0.161 e. The van der Waals surface area contributed by atoms with E-state index >= 15 is 0 Å². The van der Waals surface area contributed by atoms with E-state index in [4.69, 9.17) is 26.1 Å². The van der Waals surface area contributed by atoms with Crippen molar-refractivity contribution in [2.45, 2.75) is 33.2 Å². The summed E-state index contributed by atoms with van der Waals surface area (Å²) in [4.78, 5) is 7.35. The zero-order valence-electron chi connectivity index (χ0n) is 17.7. The van der Waals surface area contributed by atoms with Crippen molar-refractivity contribution in [1.82, 2.24) is 14.5 Å². The largest absolute Gasteiger partial charge is 0.493 e. The SMILES string of the molecule is CCN(CC)CCCn1c(Cc2ccc(OC)c(OC)c2)nc2ccc(Cl)cc21. The Kier molecular flexibility index (Phi) is 7.40. The minimum Gasteiger partial charge on any atom is -0.493 e. The van der Waals surface area contributed by atoms with E-state index in [0.717, 1.165) is 78.0 Å². The van der Waals surface area contributed by atoms with Crippen molar-refractivity contribution in [1.29, 1.82) is 0 Å². The molecule has 2 aromatic carbocycles. The van der Waals surface area contributed by atoms with Gasteiger partial charge in [0.15, 0.2) is 11.5 Å². The second-order valence-electron chi connectivity index (χ2n) is 7.06. The number of aryl methyl sites for hydroxylation is 1. The molecular weight excluding hydrogens is 386 g/mol. The number of rotatable bonds is 10. The van der Waals surface area contributed by atoms with Gasteiger partial charge in [-0.1, -0.05) is 31.5 Å². The summed E-state index contributed by atoms with van der Waals surface area (Å²) in [6, 6.07) is 11.9. The van der Waals surface area contributed by atoms with E-state index in [2.05, 4.69) is 29.4 Å². The minimum absolute atomic E-state index is 0.720. The first-order valence-electron chi connectivity index (χ1n) is 10.2. The number of aromatic nitrogens is 2. The molecule has 0 radical (unpaired) electrons. The molecule has 3 rings (SSSR count). The van der Waals surface area contributed by atoms with Crippen molar-refractivity contribution in [2.75, 3.05) is 33.9 Å². The molecule has 3 aromatic rings. The number of halogens is 1. The molecule has 0 unspecified atom stereocenters. The third kappa shape index (κ3) is 5.03. The molecule has 0 amide bonds. The van der Waals surface area contributed by atoms with E-state index in [-0.39, 0.29) is 0 Å². The maximum absolute atomic E-state index is 6.28. The number of hydrogen-bond donors (Lipinski definition) is 0. The zero-order chi connectivity index (χ0) is 20.8. The fraction of sp³-hybridized carbons (Fsp3) is 0.435. The molecule has 0 fully saturated rings. The van der Waals surface area contributed by atoms with Crippen molar-refractivity contribution >= 4 is 22.6 Å². The van der Waals surface area contributed by atoms with Gasteiger partial charge >= 0.3 is 0 Å². The molecule has 1 heterocycles. The Hall–Kier alpha value is -2.24. The molecule has 5 nitrogen and oxygen atoms in total. The number of ether oxygens (including phenoxy) is 2. The van der Waals surface area contributed by atoms with Gasteiger partial charge in [0.2, 0.25) is 0 Å².